The number of benzene rings is 1. The van der Waals surface area contributed by atoms with E-state index in [1.807, 2.05) is 26.0 Å². The van der Waals surface area contributed by atoms with Gasteiger partial charge in [-0.3, -0.25) is 9.89 Å². The molecule has 4 N–H and O–H groups in total. The summed E-state index contributed by atoms with van der Waals surface area (Å²) in [4.78, 5) is 12.1. The molecule has 1 unspecified atom stereocenters. The Morgan fingerprint density at radius 1 is 1.13 bits per heavy atom. The Labute approximate surface area is 137 Å². The highest BCUT2D eigenvalue weighted by atomic mass is 16.1. The fourth-order valence-electron chi connectivity index (χ4n) is 2.29. The van der Waals surface area contributed by atoms with Crippen LogP contribution in [-0.2, 0) is 0 Å². The predicted molar refractivity (Wildman–Crippen MR) is 92.5 cm³/mol. The lowest BCUT2D eigenvalue weighted by molar-refractivity contribution is 0.0946. The van der Waals surface area contributed by atoms with Crippen molar-refractivity contribution < 1.29 is 4.79 Å². The number of aromatic amines is 1. The van der Waals surface area contributed by atoms with Crippen LogP contribution >= 0.6 is 0 Å². The number of nitrogens with zero attached hydrogens (tertiary/aromatic N) is 1. The van der Waals surface area contributed by atoms with Gasteiger partial charge >= 0.3 is 0 Å². The molecule has 1 atom stereocenters. The van der Waals surface area contributed by atoms with Gasteiger partial charge in [0, 0.05) is 18.3 Å². The zero-order chi connectivity index (χ0) is 17.0. The molecule has 0 fully saturated rings. The molecule has 5 nitrogen and oxygen atoms in total. The smallest absolute Gasteiger partial charge is 0.271 e. The van der Waals surface area contributed by atoms with E-state index < -0.39 is 0 Å². The van der Waals surface area contributed by atoms with Crippen LogP contribution in [0, 0.1) is 0 Å². The van der Waals surface area contributed by atoms with Crippen LogP contribution in [0.4, 0.5) is 0 Å². The van der Waals surface area contributed by atoms with Crippen LogP contribution in [-0.4, -0.2) is 22.6 Å². The lowest BCUT2D eigenvalue weighted by atomic mass is 9.99. The molecule has 1 aromatic heterocycles. The van der Waals surface area contributed by atoms with Crippen molar-refractivity contribution >= 4 is 5.91 Å². The third kappa shape index (κ3) is 4.42. The minimum atomic E-state index is -0.233. The van der Waals surface area contributed by atoms with Crippen molar-refractivity contribution in [3.8, 4) is 0 Å². The first-order chi connectivity index (χ1) is 10.9. The van der Waals surface area contributed by atoms with Gasteiger partial charge in [0.2, 0.25) is 0 Å². The number of carbonyl (C=O) groups is 1. The van der Waals surface area contributed by atoms with Gasteiger partial charge < -0.3 is 11.1 Å². The van der Waals surface area contributed by atoms with E-state index in [-0.39, 0.29) is 11.9 Å². The fourth-order valence-corrected chi connectivity index (χ4v) is 2.29. The summed E-state index contributed by atoms with van der Waals surface area (Å²) in [6.45, 7) is 8.79. The number of hydrogen-bond donors (Lipinski definition) is 3. The summed E-state index contributed by atoms with van der Waals surface area (Å²) in [5.41, 5.74) is 9.80. The van der Waals surface area contributed by atoms with Crippen molar-refractivity contribution in [3.05, 3.63) is 52.8 Å². The summed E-state index contributed by atoms with van der Waals surface area (Å²) in [5, 5.41) is 9.76. The first-order valence-corrected chi connectivity index (χ1v) is 8.07. The highest BCUT2D eigenvalue weighted by Gasteiger charge is 2.14. The number of aromatic nitrogens is 2. The Balaban J connectivity index is 1.92. The molecule has 124 valence electrons. The summed E-state index contributed by atoms with van der Waals surface area (Å²) in [6.07, 6.45) is 0. The second-order valence-corrected chi connectivity index (χ2v) is 6.50. The third-order valence-electron chi connectivity index (χ3n) is 3.97. The topological polar surface area (TPSA) is 83.8 Å². The molecule has 5 heteroatoms. The quantitative estimate of drug-likeness (QED) is 0.766. The molecule has 1 amide bonds. The van der Waals surface area contributed by atoms with Crippen LogP contribution < -0.4 is 11.1 Å². The number of amides is 1. The highest BCUT2D eigenvalue weighted by Crippen LogP contribution is 2.17. The summed E-state index contributed by atoms with van der Waals surface area (Å²) in [5.74, 6) is 0.600. The number of rotatable bonds is 6. The van der Waals surface area contributed by atoms with Gasteiger partial charge in [0.1, 0.15) is 5.69 Å². The lowest BCUT2D eigenvalue weighted by Gasteiger charge is -2.14. The van der Waals surface area contributed by atoms with Crippen molar-refractivity contribution in [2.45, 2.75) is 45.6 Å². The average molecular weight is 314 g/mol. The van der Waals surface area contributed by atoms with Crippen molar-refractivity contribution in [3.63, 3.8) is 0 Å². The standard InChI is InChI=1S/C18H26N4O/c1-11(2)13-5-7-14(8-6-13)15(19)10-20-18(23)17-9-16(12(3)4)21-22-17/h5-9,11-12,15H,10,19H2,1-4H3,(H,20,23)(H,21,22). The molecule has 1 heterocycles. The van der Waals surface area contributed by atoms with E-state index in [0.717, 1.165) is 11.3 Å². The zero-order valence-corrected chi connectivity index (χ0v) is 14.3. The molecule has 0 aliphatic rings. The third-order valence-corrected chi connectivity index (χ3v) is 3.97. The van der Waals surface area contributed by atoms with E-state index in [9.17, 15) is 4.79 Å². The van der Waals surface area contributed by atoms with Gasteiger partial charge in [0.25, 0.3) is 5.91 Å². The van der Waals surface area contributed by atoms with E-state index in [1.165, 1.54) is 5.56 Å². The van der Waals surface area contributed by atoms with Crippen LogP contribution in [0.25, 0.3) is 0 Å². The van der Waals surface area contributed by atoms with E-state index in [1.54, 1.807) is 6.07 Å². The van der Waals surface area contributed by atoms with Gasteiger partial charge in [0.05, 0.1) is 0 Å². The van der Waals surface area contributed by atoms with Gasteiger partial charge in [-0.1, -0.05) is 52.0 Å². The first-order valence-electron chi connectivity index (χ1n) is 8.07. The first kappa shape index (κ1) is 17.2. The maximum absolute atomic E-state index is 12.1. The largest absolute Gasteiger partial charge is 0.349 e. The normalized spacial score (nSPS) is 12.7. The van der Waals surface area contributed by atoms with E-state index in [2.05, 4.69) is 41.5 Å². The maximum atomic E-state index is 12.1. The van der Waals surface area contributed by atoms with Gasteiger partial charge in [0.15, 0.2) is 0 Å². The minimum absolute atomic E-state index is 0.206. The summed E-state index contributed by atoms with van der Waals surface area (Å²) >= 11 is 0. The van der Waals surface area contributed by atoms with Gasteiger partial charge in [-0.2, -0.15) is 5.10 Å². The maximum Gasteiger partial charge on any atom is 0.271 e. The summed E-state index contributed by atoms with van der Waals surface area (Å²) in [6, 6.07) is 9.77. The van der Waals surface area contributed by atoms with E-state index in [0.29, 0.717) is 24.1 Å². The van der Waals surface area contributed by atoms with E-state index >= 15 is 0 Å². The monoisotopic (exact) mass is 314 g/mol. The van der Waals surface area contributed by atoms with Crippen LogP contribution in [0.2, 0.25) is 0 Å². The average Bonchev–Trinajstić information content (AvgIpc) is 3.02. The van der Waals surface area contributed by atoms with Crippen molar-refractivity contribution in [2.75, 3.05) is 6.54 Å². The summed E-state index contributed by atoms with van der Waals surface area (Å²) in [7, 11) is 0. The Morgan fingerprint density at radius 2 is 1.74 bits per heavy atom. The molecule has 0 saturated carbocycles. The highest BCUT2D eigenvalue weighted by molar-refractivity contribution is 5.92. The molecular weight excluding hydrogens is 288 g/mol. The molecule has 1 aromatic carbocycles. The second kappa shape index (κ2) is 7.42. The molecule has 0 aliphatic carbocycles. The van der Waals surface area contributed by atoms with Gasteiger partial charge in [-0.05, 0) is 29.0 Å². The molecule has 2 rings (SSSR count). The molecule has 0 spiro atoms. The number of carbonyl (C=O) groups excluding carboxylic acids is 1. The number of nitrogens with two attached hydrogens (primary N) is 1. The lowest BCUT2D eigenvalue weighted by Crippen LogP contribution is -2.32. The van der Waals surface area contributed by atoms with Gasteiger partial charge in [-0.25, -0.2) is 0 Å². The SMILES string of the molecule is CC(C)c1ccc(C(N)CNC(=O)c2cc(C(C)C)[nH]n2)cc1. The molecule has 0 saturated heterocycles. The number of hydrogen-bond acceptors (Lipinski definition) is 3. The molecule has 2 aromatic rings. The number of H-pyrrole nitrogens is 1. The predicted octanol–water partition coefficient (Wildman–Crippen LogP) is 3.09. The Kier molecular flexibility index (Phi) is 5.55. The van der Waals surface area contributed by atoms with Crippen molar-refractivity contribution in [1.29, 1.82) is 0 Å². The van der Waals surface area contributed by atoms with Crippen LogP contribution in [0.5, 0.6) is 0 Å². The molecule has 0 radical (unpaired) electrons. The van der Waals surface area contributed by atoms with E-state index in [4.69, 9.17) is 5.73 Å². The van der Waals surface area contributed by atoms with Crippen molar-refractivity contribution in [1.82, 2.24) is 15.5 Å². The minimum Gasteiger partial charge on any atom is -0.349 e. The zero-order valence-electron chi connectivity index (χ0n) is 14.3. The second-order valence-electron chi connectivity index (χ2n) is 6.50. The number of nitrogens with one attached hydrogen (secondary N) is 2. The fraction of sp³-hybridized carbons (Fsp3) is 0.444. The van der Waals surface area contributed by atoms with Crippen molar-refractivity contribution in [2.24, 2.45) is 5.73 Å². The molecule has 23 heavy (non-hydrogen) atoms. The van der Waals surface area contributed by atoms with Crippen LogP contribution in [0.15, 0.2) is 30.3 Å². The van der Waals surface area contributed by atoms with Crippen LogP contribution in [0.1, 0.15) is 72.9 Å². The molecule has 0 aliphatic heterocycles. The summed E-state index contributed by atoms with van der Waals surface area (Å²) < 4.78 is 0. The molecular formula is C18H26N4O. The molecule has 0 bridgehead atoms. The van der Waals surface area contributed by atoms with Gasteiger partial charge in [-0.15, -0.1) is 0 Å². The van der Waals surface area contributed by atoms with Crippen LogP contribution in [0.3, 0.4) is 0 Å². The Hall–Kier alpha value is -2.14. The Bertz CT molecular complexity index is 643. The Morgan fingerprint density at radius 3 is 2.26 bits per heavy atom.